The van der Waals surface area contributed by atoms with E-state index >= 15 is 0 Å². The van der Waals surface area contributed by atoms with E-state index in [1.54, 1.807) is 11.3 Å². The Hall–Kier alpha value is -2.24. The van der Waals surface area contributed by atoms with Crippen molar-refractivity contribution in [3.8, 4) is 0 Å². The van der Waals surface area contributed by atoms with E-state index in [1.165, 1.54) is 15.8 Å². The molecule has 1 amide bonds. The molecule has 1 heterocycles. The summed E-state index contributed by atoms with van der Waals surface area (Å²) in [5, 5.41) is 4.06. The van der Waals surface area contributed by atoms with Gasteiger partial charge in [0, 0.05) is 25.4 Å². The molecule has 0 aliphatic heterocycles. The molecular formula is C23H29N3OS. The van der Waals surface area contributed by atoms with E-state index in [4.69, 9.17) is 5.73 Å². The maximum Gasteiger partial charge on any atom is 0.220 e. The van der Waals surface area contributed by atoms with Crippen molar-refractivity contribution in [3.05, 3.63) is 64.7 Å². The van der Waals surface area contributed by atoms with Crippen LogP contribution in [0, 0.1) is 0 Å². The third kappa shape index (κ3) is 5.40. The Kier molecular flexibility index (Phi) is 6.47. The number of carbonyl (C=O) groups is 1. The van der Waals surface area contributed by atoms with Gasteiger partial charge in [-0.15, -0.1) is 11.3 Å². The highest BCUT2D eigenvalue weighted by molar-refractivity contribution is 7.18. The van der Waals surface area contributed by atoms with Crippen LogP contribution in [0.4, 0.5) is 0 Å². The molecule has 1 atom stereocenters. The van der Waals surface area contributed by atoms with Crippen LogP contribution in [0.2, 0.25) is 0 Å². The van der Waals surface area contributed by atoms with Crippen LogP contribution < -0.4 is 11.1 Å². The summed E-state index contributed by atoms with van der Waals surface area (Å²) >= 11 is 1.68. The Morgan fingerprint density at radius 3 is 2.61 bits per heavy atom. The smallest absolute Gasteiger partial charge is 0.220 e. The van der Waals surface area contributed by atoms with E-state index in [0.29, 0.717) is 19.4 Å². The van der Waals surface area contributed by atoms with Crippen LogP contribution in [-0.2, 0) is 23.1 Å². The number of fused-ring (bicyclic) bond motifs is 1. The van der Waals surface area contributed by atoms with Crippen LogP contribution in [0.25, 0.3) is 10.2 Å². The maximum atomic E-state index is 12.4. The second kappa shape index (κ2) is 8.84. The lowest BCUT2D eigenvalue weighted by Crippen LogP contribution is -2.41. The van der Waals surface area contributed by atoms with Gasteiger partial charge in [0.05, 0.1) is 15.2 Å². The van der Waals surface area contributed by atoms with E-state index in [0.717, 1.165) is 16.9 Å². The molecule has 0 spiro atoms. The number of thiazole rings is 1. The molecule has 0 saturated carbocycles. The Balaban J connectivity index is 1.57. The predicted octanol–water partition coefficient (Wildman–Crippen LogP) is 4.21. The second-order valence-electron chi connectivity index (χ2n) is 8.23. The van der Waals surface area contributed by atoms with E-state index in [9.17, 15) is 4.79 Å². The van der Waals surface area contributed by atoms with Crippen molar-refractivity contribution in [1.29, 1.82) is 0 Å². The van der Waals surface area contributed by atoms with Gasteiger partial charge in [0.15, 0.2) is 0 Å². The average Bonchev–Trinajstić information content (AvgIpc) is 3.08. The van der Waals surface area contributed by atoms with E-state index in [1.807, 2.05) is 18.2 Å². The van der Waals surface area contributed by atoms with Gasteiger partial charge < -0.3 is 11.1 Å². The minimum absolute atomic E-state index is 0.0287. The summed E-state index contributed by atoms with van der Waals surface area (Å²) in [5.41, 5.74) is 9.47. The minimum Gasteiger partial charge on any atom is -0.352 e. The highest BCUT2D eigenvalue weighted by atomic mass is 32.1. The molecule has 5 heteroatoms. The number of rotatable bonds is 7. The predicted molar refractivity (Wildman–Crippen MR) is 118 cm³/mol. The normalized spacial score (nSPS) is 12.9. The van der Waals surface area contributed by atoms with Crippen molar-refractivity contribution in [2.24, 2.45) is 5.73 Å². The van der Waals surface area contributed by atoms with Crippen molar-refractivity contribution in [1.82, 2.24) is 10.3 Å². The number of nitrogens with zero attached hydrogens (tertiary/aromatic N) is 1. The van der Waals surface area contributed by atoms with Crippen molar-refractivity contribution in [2.75, 3.05) is 6.54 Å². The first-order chi connectivity index (χ1) is 13.3. The third-order valence-corrected chi connectivity index (χ3v) is 5.92. The number of nitrogens with one attached hydrogen (secondary N) is 1. The van der Waals surface area contributed by atoms with Crippen LogP contribution in [0.5, 0.6) is 0 Å². The highest BCUT2D eigenvalue weighted by Gasteiger charge is 2.16. The first-order valence-corrected chi connectivity index (χ1v) is 10.6. The summed E-state index contributed by atoms with van der Waals surface area (Å²) in [7, 11) is 0. The van der Waals surface area contributed by atoms with E-state index in [2.05, 4.69) is 61.4 Å². The molecular weight excluding hydrogens is 366 g/mol. The van der Waals surface area contributed by atoms with Gasteiger partial charge in [-0.1, -0.05) is 57.2 Å². The summed E-state index contributed by atoms with van der Waals surface area (Å²) in [6, 6.07) is 16.5. The number of aryl methyl sites for hydroxylation is 1. The number of amides is 1. The molecule has 0 aliphatic carbocycles. The molecule has 2 aromatic carbocycles. The zero-order valence-electron chi connectivity index (χ0n) is 16.9. The molecule has 1 unspecified atom stereocenters. The molecule has 0 aliphatic rings. The zero-order valence-corrected chi connectivity index (χ0v) is 17.7. The number of hydrogen-bond acceptors (Lipinski definition) is 4. The van der Waals surface area contributed by atoms with E-state index in [-0.39, 0.29) is 17.4 Å². The largest absolute Gasteiger partial charge is 0.352 e. The number of hydrogen-bond donors (Lipinski definition) is 2. The molecule has 3 N–H and O–H groups in total. The second-order valence-corrected chi connectivity index (χ2v) is 9.35. The third-order valence-electron chi connectivity index (χ3n) is 4.84. The van der Waals surface area contributed by atoms with Crippen LogP contribution >= 0.6 is 11.3 Å². The summed E-state index contributed by atoms with van der Waals surface area (Å²) in [5.74, 6) is 0.0287. The van der Waals surface area contributed by atoms with Gasteiger partial charge >= 0.3 is 0 Å². The number of carbonyl (C=O) groups excluding carboxylic acids is 1. The Labute approximate surface area is 171 Å². The fraction of sp³-hybridized carbons (Fsp3) is 0.391. The number of aromatic nitrogens is 1. The molecule has 1 aromatic heterocycles. The topological polar surface area (TPSA) is 68.0 Å². The number of benzene rings is 2. The molecule has 0 radical (unpaired) electrons. The molecule has 0 saturated heterocycles. The quantitative estimate of drug-likeness (QED) is 0.630. The van der Waals surface area contributed by atoms with Crippen molar-refractivity contribution in [3.63, 3.8) is 0 Å². The van der Waals surface area contributed by atoms with Crippen molar-refractivity contribution in [2.45, 2.75) is 51.5 Å². The molecule has 0 bridgehead atoms. The number of nitrogens with two attached hydrogens (primary N) is 1. The van der Waals surface area contributed by atoms with Crippen molar-refractivity contribution < 1.29 is 4.79 Å². The average molecular weight is 396 g/mol. The highest BCUT2D eigenvalue weighted by Crippen LogP contribution is 2.29. The molecule has 148 valence electrons. The van der Waals surface area contributed by atoms with Crippen LogP contribution in [0.15, 0.2) is 48.5 Å². The fourth-order valence-electron chi connectivity index (χ4n) is 3.16. The van der Waals surface area contributed by atoms with Gasteiger partial charge in [-0.05, 0) is 35.1 Å². The fourth-order valence-corrected chi connectivity index (χ4v) is 4.16. The zero-order chi connectivity index (χ0) is 20.1. The Morgan fingerprint density at radius 2 is 1.93 bits per heavy atom. The molecule has 4 nitrogen and oxygen atoms in total. The van der Waals surface area contributed by atoms with E-state index < -0.39 is 0 Å². The lowest BCUT2D eigenvalue weighted by Gasteiger charge is -2.18. The summed E-state index contributed by atoms with van der Waals surface area (Å²) < 4.78 is 1.19. The van der Waals surface area contributed by atoms with Gasteiger partial charge in [-0.3, -0.25) is 4.79 Å². The van der Waals surface area contributed by atoms with Gasteiger partial charge in [0.2, 0.25) is 5.91 Å². The minimum atomic E-state index is -0.0420. The Morgan fingerprint density at radius 1 is 1.18 bits per heavy atom. The summed E-state index contributed by atoms with van der Waals surface area (Å²) in [6.07, 6.45) is 1.83. The monoisotopic (exact) mass is 395 g/mol. The molecule has 3 rings (SSSR count). The molecule has 28 heavy (non-hydrogen) atoms. The first-order valence-electron chi connectivity index (χ1n) is 9.78. The standard InChI is InChI=1S/C23H29N3OS/c1-23(2,3)17-9-10-19-20(14-17)28-22(26-19)12-11-21(27)25-18(15-24)13-16-7-5-4-6-8-16/h4-10,14,18H,11-13,15,24H2,1-3H3,(H,25,27). The van der Waals surface area contributed by atoms with Crippen LogP contribution in [0.1, 0.15) is 43.3 Å². The van der Waals surface area contributed by atoms with Crippen LogP contribution in [-0.4, -0.2) is 23.5 Å². The van der Waals surface area contributed by atoms with Crippen LogP contribution in [0.3, 0.4) is 0 Å². The Bertz CT molecular complexity index is 928. The first kappa shape index (κ1) is 20.5. The summed E-state index contributed by atoms with van der Waals surface area (Å²) in [6.45, 7) is 7.06. The lowest BCUT2D eigenvalue weighted by molar-refractivity contribution is -0.121. The van der Waals surface area contributed by atoms with Gasteiger partial charge in [0.1, 0.15) is 0 Å². The molecule has 3 aromatic rings. The lowest BCUT2D eigenvalue weighted by atomic mass is 9.87. The van der Waals surface area contributed by atoms with Gasteiger partial charge in [0.25, 0.3) is 0 Å². The van der Waals surface area contributed by atoms with Gasteiger partial charge in [-0.2, -0.15) is 0 Å². The summed E-state index contributed by atoms with van der Waals surface area (Å²) in [4.78, 5) is 17.1. The maximum absolute atomic E-state index is 12.4. The van der Waals surface area contributed by atoms with Crippen molar-refractivity contribution >= 4 is 27.5 Å². The SMILES string of the molecule is CC(C)(C)c1ccc2nc(CCC(=O)NC(CN)Cc3ccccc3)sc2c1. The van der Waals surface area contributed by atoms with Gasteiger partial charge in [-0.25, -0.2) is 4.98 Å². The molecule has 0 fully saturated rings.